The Balaban J connectivity index is 1.48. The molecule has 0 amide bonds. The van der Waals surface area contributed by atoms with E-state index in [0.717, 1.165) is 43.8 Å². The predicted molar refractivity (Wildman–Crippen MR) is 204 cm³/mol. The van der Waals surface area contributed by atoms with Crippen molar-refractivity contribution in [2.45, 2.75) is 0 Å². The molecule has 0 fully saturated rings. The van der Waals surface area contributed by atoms with Gasteiger partial charge in [0.05, 0.1) is 45.5 Å². The molecule has 0 saturated carbocycles. The van der Waals surface area contributed by atoms with Gasteiger partial charge in [-0.15, -0.1) is 0 Å². The van der Waals surface area contributed by atoms with Gasteiger partial charge in [0.25, 0.3) is 0 Å². The number of aromatic nitrogens is 1. The maximum absolute atomic E-state index is 10.5. The van der Waals surface area contributed by atoms with Gasteiger partial charge in [-0.1, -0.05) is 121 Å². The average Bonchev–Trinajstić information content (AvgIpc) is 3.52. The SMILES string of the molecule is N#Cc1ccc([Si](c2ccccc2)(c2ccccc2)c2ccccc2)c(-c2ccc(C#N)c(-n3c4ccccc4c4cc(C#N)ccc43)c2)c1. The zero-order valence-electron chi connectivity index (χ0n) is 27.0. The highest BCUT2D eigenvalue weighted by atomic mass is 28.3. The topological polar surface area (TPSA) is 76.3 Å². The molecular weight excluding hydrogens is 625 g/mol. The normalized spacial score (nSPS) is 11.1. The van der Waals surface area contributed by atoms with Crippen molar-refractivity contribution in [3.05, 3.63) is 187 Å². The summed E-state index contributed by atoms with van der Waals surface area (Å²) in [6, 6.07) is 65.1. The van der Waals surface area contributed by atoms with E-state index < -0.39 is 8.07 Å². The molecule has 0 bridgehead atoms. The summed E-state index contributed by atoms with van der Waals surface area (Å²) >= 11 is 0. The molecule has 1 aromatic heterocycles. The van der Waals surface area contributed by atoms with Gasteiger partial charge in [-0.05, 0) is 80.4 Å². The van der Waals surface area contributed by atoms with Crippen LogP contribution in [0.3, 0.4) is 0 Å². The van der Waals surface area contributed by atoms with Gasteiger partial charge < -0.3 is 4.57 Å². The number of hydrogen-bond acceptors (Lipinski definition) is 3. The minimum Gasteiger partial charge on any atom is -0.308 e. The Kier molecular flexibility index (Phi) is 7.63. The van der Waals surface area contributed by atoms with Crippen molar-refractivity contribution in [1.82, 2.24) is 4.57 Å². The van der Waals surface area contributed by atoms with Crippen molar-refractivity contribution >= 4 is 50.6 Å². The van der Waals surface area contributed by atoms with Crippen LogP contribution in [-0.4, -0.2) is 12.6 Å². The van der Waals surface area contributed by atoms with E-state index in [1.807, 2.05) is 54.6 Å². The average molecular weight is 653 g/mol. The van der Waals surface area contributed by atoms with Crippen LogP contribution >= 0.6 is 0 Å². The highest BCUT2D eigenvalue weighted by Gasteiger charge is 2.43. The Morgan fingerprint density at radius 1 is 0.440 bits per heavy atom. The predicted octanol–water partition coefficient (Wildman–Crippen LogP) is 7.44. The molecule has 8 rings (SSSR count). The number of benzene rings is 7. The van der Waals surface area contributed by atoms with E-state index in [2.05, 4.69) is 138 Å². The molecule has 50 heavy (non-hydrogen) atoms. The van der Waals surface area contributed by atoms with E-state index in [1.54, 1.807) is 0 Å². The lowest BCUT2D eigenvalue weighted by atomic mass is 10.0. The Labute approximate surface area is 291 Å². The fourth-order valence-corrected chi connectivity index (χ4v) is 12.5. The summed E-state index contributed by atoms with van der Waals surface area (Å²) in [4.78, 5) is 0. The Hall–Kier alpha value is -6.97. The van der Waals surface area contributed by atoms with E-state index in [9.17, 15) is 15.8 Å². The third-order valence-corrected chi connectivity index (χ3v) is 14.5. The van der Waals surface area contributed by atoms with Gasteiger partial charge in [0.1, 0.15) is 6.07 Å². The van der Waals surface area contributed by atoms with E-state index >= 15 is 0 Å². The summed E-state index contributed by atoms with van der Waals surface area (Å²) in [5, 5.41) is 37.2. The Morgan fingerprint density at radius 2 is 0.980 bits per heavy atom. The molecule has 232 valence electrons. The highest BCUT2D eigenvalue weighted by molar-refractivity contribution is 7.20. The summed E-state index contributed by atoms with van der Waals surface area (Å²) in [6.45, 7) is 0. The van der Waals surface area contributed by atoms with E-state index in [0.29, 0.717) is 16.7 Å². The van der Waals surface area contributed by atoms with E-state index in [4.69, 9.17) is 0 Å². The van der Waals surface area contributed by atoms with Crippen molar-refractivity contribution in [3.8, 4) is 35.0 Å². The second-order valence-corrected chi connectivity index (χ2v) is 16.0. The number of hydrogen-bond donors (Lipinski definition) is 0. The first-order valence-corrected chi connectivity index (χ1v) is 18.4. The molecule has 1 heterocycles. The molecule has 0 unspecified atom stereocenters. The molecule has 0 saturated heterocycles. The molecule has 5 heteroatoms. The first-order valence-electron chi connectivity index (χ1n) is 16.4. The minimum absolute atomic E-state index is 0.524. The summed E-state index contributed by atoms with van der Waals surface area (Å²) in [5.74, 6) is 0. The lowest BCUT2D eigenvalue weighted by Gasteiger charge is -2.36. The van der Waals surface area contributed by atoms with Crippen molar-refractivity contribution in [3.63, 3.8) is 0 Å². The van der Waals surface area contributed by atoms with Crippen LogP contribution in [0.4, 0.5) is 0 Å². The lowest BCUT2D eigenvalue weighted by molar-refractivity contribution is 1.17. The largest absolute Gasteiger partial charge is 0.308 e. The van der Waals surface area contributed by atoms with Gasteiger partial charge in [-0.2, -0.15) is 15.8 Å². The number of nitrogens with zero attached hydrogens (tertiary/aromatic N) is 4. The van der Waals surface area contributed by atoms with Crippen molar-refractivity contribution in [2.75, 3.05) is 0 Å². The fraction of sp³-hybridized carbons (Fsp3) is 0. The van der Waals surface area contributed by atoms with Crippen LogP contribution < -0.4 is 20.7 Å². The second-order valence-electron chi connectivity index (χ2n) is 12.3. The van der Waals surface area contributed by atoms with E-state index in [-0.39, 0.29) is 0 Å². The first kappa shape index (κ1) is 30.4. The maximum Gasteiger partial charge on any atom is 0.180 e. The zero-order chi connectivity index (χ0) is 34.1. The molecule has 0 spiro atoms. The Bertz CT molecular complexity index is 2580. The van der Waals surface area contributed by atoms with Gasteiger partial charge in [0, 0.05) is 10.8 Å². The molecule has 0 atom stereocenters. The number of nitriles is 3. The van der Waals surface area contributed by atoms with Crippen molar-refractivity contribution in [2.24, 2.45) is 0 Å². The van der Waals surface area contributed by atoms with Crippen LogP contribution in [-0.2, 0) is 0 Å². The van der Waals surface area contributed by atoms with Gasteiger partial charge in [-0.3, -0.25) is 0 Å². The third-order valence-electron chi connectivity index (χ3n) is 9.64. The summed E-state index contributed by atoms with van der Waals surface area (Å²) < 4.78 is 2.12. The van der Waals surface area contributed by atoms with Gasteiger partial charge >= 0.3 is 0 Å². The quantitative estimate of drug-likeness (QED) is 0.138. The molecule has 8 aromatic rings. The van der Waals surface area contributed by atoms with Gasteiger partial charge in [0.2, 0.25) is 0 Å². The second kappa shape index (κ2) is 12.6. The molecule has 0 radical (unpaired) electrons. The van der Waals surface area contributed by atoms with E-state index in [1.165, 1.54) is 15.6 Å². The third kappa shape index (κ3) is 4.80. The lowest BCUT2D eigenvalue weighted by Crippen LogP contribution is -2.75. The van der Waals surface area contributed by atoms with Crippen molar-refractivity contribution < 1.29 is 0 Å². The molecule has 0 aliphatic carbocycles. The van der Waals surface area contributed by atoms with Gasteiger partial charge in [0.15, 0.2) is 8.07 Å². The van der Waals surface area contributed by atoms with Crippen LogP contribution in [0.1, 0.15) is 16.7 Å². The number of fused-ring (bicyclic) bond motifs is 3. The molecule has 0 aliphatic heterocycles. The fourth-order valence-electron chi connectivity index (χ4n) is 7.49. The molecule has 7 aromatic carbocycles. The minimum atomic E-state index is -2.98. The zero-order valence-corrected chi connectivity index (χ0v) is 28.0. The van der Waals surface area contributed by atoms with Crippen LogP contribution in [0.15, 0.2) is 170 Å². The standard InChI is InChI=1S/C45H28N4Si/c46-29-32-20-24-43-41(27-32)39-18-10-11-19-42(39)49(43)44-28-34(22-23-35(44)31-48)40-26-33(30-47)21-25-45(40)50(36-12-4-1-5-13-36,37-14-6-2-7-15-37)38-16-8-3-9-17-38/h1-28H. The van der Waals surface area contributed by atoms with Crippen LogP contribution in [0.25, 0.3) is 38.6 Å². The summed E-state index contributed by atoms with van der Waals surface area (Å²) in [5.41, 5.74) is 6.11. The van der Waals surface area contributed by atoms with Crippen LogP contribution in [0.5, 0.6) is 0 Å². The smallest absolute Gasteiger partial charge is 0.180 e. The summed E-state index contributed by atoms with van der Waals surface area (Å²) in [7, 11) is -2.98. The van der Waals surface area contributed by atoms with Crippen LogP contribution in [0, 0.1) is 34.0 Å². The number of rotatable bonds is 6. The van der Waals surface area contributed by atoms with Gasteiger partial charge in [-0.25, -0.2) is 0 Å². The molecule has 0 N–H and O–H groups in total. The monoisotopic (exact) mass is 652 g/mol. The number of para-hydroxylation sites is 1. The molecule has 4 nitrogen and oxygen atoms in total. The van der Waals surface area contributed by atoms with Crippen LogP contribution in [0.2, 0.25) is 0 Å². The van der Waals surface area contributed by atoms with Crippen molar-refractivity contribution in [1.29, 1.82) is 15.8 Å². The Morgan fingerprint density at radius 3 is 1.58 bits per heavy atom. The molecular formula is C45H28N4Si. The summed E-state index contributed by atoms with van der Waals surface area (Å²) in [6.07, 6.45) is 0. The highest BCUT2D eigenvalue weighted by Crippen LogP contribution is 2.35. The molecule has 0 aliphatic rings. The first-order chi connectivity index (χ1) is 24.7. The maximum atomic E-state index is 10.5.